The monoisotopic (exact) mass is 460 g/mol. The number of nitrogens with zero attached hydrogens (tertiary/aromatic N) is 1. The van der Waals surface area contributed by atoms with Gasteiger partial charge in [-0.25, -0.2) is 0 Å². The number of anilines is 2. The fraction of sp³-hybridized carbons (Fsp3) is 0.125. The normalized spacial score (nSPS) is 13.5. The maximum atomic E-state index is 11.9. The van der Waals surface area contributed by atoms with Gasteiger partial charge in [0.25, 0.3) is 11.8 Å². The fourth-order valence-corrected chi connectivity index (χ4v) is 2.76. The van der Waals surface area contributed by atoms with Crippen molar-refractivity contribution in [2.24, 2.45) is 22.4 Å². The average Bonchev–Trinajstić information content (AvgIpc) is 3.65. The lowest BCUT2D eigenvalue weighted by Crippen LogP contribution is -2.28. The Bertz CT molecular complexity index is 1200. The molecule has 0 unspecified atom stereocenters. The number of primary amides is 1. The van der Waals surface area contributed by atoms with Crippen molar-refractivity contribution in [3.8, 4) is 11.5 Å². The molecule has 1 fully saturated rings. The van der Waals surface area contributed by atoms with Gasteiger partial charge >= 0.3 is 0 Å². The maximum absolute atomic E-state index is 11.9. The summed E-state index contributed by atoms with van der Waals surface area (Å²) in [6.45, 7) is 3.40. The van der Waals surface area contributed by atoms with Crippen LogP contribution >= 0.6 is 0 Å². The van der Waals surface area contributed by atoms with E-state index in [0.29, 0.717) is 22.9 Å². The SMILES string of the molecule is C=CC(=O)Nc1ccc(Oc2cccc(N/C(=C/C(N)=NC(=O)C3CC3)C(=N)C(N)=O)c2)cc1. The van der Waals surface area contributed by atoms with Gasteiger partial charge in [0.1, 0.15) is 23.0 Å². The number of aliphatic imine (C=N–C) groups is 1. The average molecular weight is 460 g/mol. The lowest BCUT2D eigenvalue weighted by Gasteiger charge is -2.13. The van der Waals surface area contributed by atoms with Crippen molar-refractivity contribution in [2.45, 2.75) is 12.8 Å². The molecule has 3 rings (SSSR count). The summed E-state index contributed by atoms with van der Waals surface area (Å²) in [5.41, 5.74) is 11.6. The van der Waals surface area contributed by atoms with E-state index in [-0.39, 0.29) is 29.3 Å². The van der Waals surface area contributed by atoms with Crippen LogP contribution in [0.1, 0.15) is 12.8 Å². The molecule has 1 aliphatic carbocycles. The van der Waals surface area contributed by atoms with E-state index in [1.807, 2.05) is 0 Å². The molecule has 0 bridgehead atoms. The van der Waals surface area contributed by atoms with Gasteiger partial charge in [-0.1, -0.05) is 12.6 Å². The summed E-state index contributed by atoms with van der Waals surface area (Å²) in [5, 5.41) is 13.5. The van der Waals surface area contributed by atoms with Gasteiger partial charge < -0.3 is 26.8 Å². The van der Waals surface area contributed by atoms with Crippen molar-refractivity contribution in [1.82, 2.24) is 0 Å². The van der Waals surface area contributed by atoms with Gasteiger partial charge in [-0.2, -0.15) is 4.99 Å². The highest BCUT2D eigenvalue weighted by Crippen LogP contribution is 2.30. The number of carbonyl (C=O) groups excluding carboxylic acids is 3. The number of rotatable bonds is 10. The Labute approximate surface area is 195 Å². The zero-order valence-corrected chi connectivity index (χ0v) is 18.2. The first-order valence-electron chi connectivity index (χ1n) is 10.3. The number of amides is 3. The number of hydrogen-bond acceptors (Lipinski definition) is 6. The summed E-state index contributed by atoms with van der Waals surface area (Å²) in [6.07, 6.45) is 3.95. The van der Waals surface area contributed by atoms with Crippen molar-refractivity contribution in [1.29, 1.82) is 5.41 Å². The largest absolute Gasteiger partial charge is 0.457 e. The van der Waals surface area contributed by atoms with Crippen LogP contribution in [0, 0.1) is 11.3 Å². The highest BCUT2D eigenvalue weighted by Gasteiger charge is 2.29. The molecule has 3 amide bonds. The molecule has 10 heteroatoms. The fourth-order valence-electron chi connectivity index (χ4n) is 2.76. The number of amidine groups is 1. The molecule has 2 aromatic carbocycles. The first-order valence-corrected chi connectivity index (χ1v) is 10.3. The van der Waals surface area contributed by atoms with Crippen LogP contribution in [-0.4, -0.2) is 29.3 Å². The molecule has 0 aromatic heterocycles. The van der Waals surface area contributed by atoms with E-state index >= 15 is 0 Å². The number of nitrogens with two attached hydrogens (primary N) is 2. The van der Waals surface area contributed by atoms with Crippen molar-refractivity contribution in [3.05, 3.63) is 73.0 Å². The molecule has 174 valence electrons. The number of hydrogen-bond donors (Lipinski definition) is 5. The molecule has 0 atom stereocenters. The Morgan fingerprint density at radius 2 is 1.74 bits per heavy atom. The Kier molecular flexibility index (Phi) is 7.55. The summed E-state index contributed by atoms with van der Waals surface area (Å²) >= 11 is 0. The second-order valence-corrected chi connectivity index (χ2v) is 7.42. The standard InChI is InChI=1S/C24H24N6O4/c1-2-21(31)29-15-8-10-17(11-9-15)34-18-5-3-4-16(12-18)28-19(22(26)23(27)32)13-20(25)30-24(33)14-6-7-14/h2-5,8-14,26,28H,1,6-7H2,(H2,27,32)(H,29,31)(H2,25,30,33)/b19-13+,26-22?. The third-order valence-corrected chi connectivity index (χ3v) is 4.63. The second-order valence-electron chi connectivity index (χ2n) is 7.42. The maximum Gasteiger partial charge on any atom is 0.268 e. The minimum absolute atomic E-state index is 0.0168. The molecule has 34 heavy (non-hydrogen) atoms. The van der Waals surface area contributed by atoms with Gasteiger partial charge in [0.2, 0.25) is 5.91 Å². The summed E-state index contributed by atoms with van der Waals surface area (Å²) in [6, 6.07) is 13.5. The Morgan fingerprint density at radius 3 is 2.35 bits per heavy atom. The molecule has 0 aliphatic heterocycles. The summed E-state index contributed by atoms with van der Waals surface area (Å²) in [4.78, 5) is 38.6. The summed E-state index contributed by atoms with van der Waals surface area (Å²) < 4.78 is 5.83. The lowest BCUT2D eigenvalue weighted by molar-refractivity contribution is -0.119. The molecule has 0 spiro atoms. The zero-order chi connectivity index (χ0) is 24.7. The third kappa shape index (κ3) is 6.89. The predicted octanol–water partition coefficient (Wildman–Crippen LogP) is 2.70. The summed E-state index contributed by atoms with van der Waals surface area (Å²) in [5.74, 6) is -0.894. The van der Waals surface area contributed by atoms with E-state index in [1.165, 1.54) is 12.2 Å². The Balaban J connectivity index is 1.75. The highest BCUT2D eigenvalue weighted by molar-refractivity contribution is 6.44. The van der Waals surface area contributed by atoms with E-state index in [1.54, 1.807) is 48.5 Å². The van der Waals surface area contributed by atoms with E-state index < -0.39 is 11.6 Å². The number of ether oxygens (including phenoxy) is 1. The molecular weight excluding hydrogens is 436 g/mol. The lowest BCUT2D eigenvalue weighted by atomic mass is 10.2. The van der Waals surface area contributed by atoms with Crippen LogP contribution in [0.15, 0.2) is 78.0 Å². The van der Waals surface area contributed by atoms with Crippen LogP contribution in [0.3, 0.4) is 0 Å². The van der Waals surface area contributed by atoms with Crippen LogP contribution in [0.4, 0.5) is 11.4 Å². The summed E-state index contributed by atoms with van der Waals surface area (Å²) in [7, 11) is 0. The molecule has 0 saturated heterocycles. The van der Waals surface area contributed by atoms with E-state index in [4.69, 9.17) is 21.6 Å². The van der Waals surface area contributed by atoms with Gasteiger partial charge in [0.15, 0.2) is 0 Å². The minimum Gasteiger partial charge on any atom is -0.457 e. The number of nitrogens with one attached hydrogen (secondary N) is 3. The smallest absolute Gasteiger partial charge is 0.268 e. The predicted molar refractivity (Wildman–Crippen MR) is 130 cm³/mol. The first kappa shape index (κ1) is 23.9. The Hall–Kier alpha value is -4.73. The van der Waals surface area contributed by atoms with Gasteiger partial charge in [0.05, 0.1) is 5.70 Å². The molecule has 1 aliphatic rings. The molecule has 10 nitrogen and oxygen atoms in total. The van der Waals surface area contributed by atoms with Crippen molar-refractivity contribution >= 4 is 40.6 Å². The first-order chi connectivity index (χ1) is 16.2. The van der Waals surface area contributed by atoms with Gasteiger partial charge in [-0.15, -0.1) is 0 Å². The molecule has 1 saturated carbocycles. The van der Waals surface area contributed by atoms with Gasteiger partial charge in [-0.05, 0) is 55.3 Å². The zero-order valence-electron chi connectivity index (χ0n) is 18.2. The number of carbonyl (C=O) groups is 3. The van der Waals surface area contributed by atoms with Crippen molar-refractivity contribution < 1.29 is 19.1 Å². The van der Waals surface area contributed by atoms with Crippen LogP contribution in [0.2, 0.25) is 0 Å². The Morgan fingerprint density at radius 1 is 1.03 bits per heavy atom. The third-order valence-electron chi connectivity index (χ3n) is 4.63. The van der Waals surface area contributed by atoms with E-state index in [0.717, 1.165) is 12.8 Å². The van der Waals surface area contributed by atoms with Crippen molar-refractivity contribution in [3.63, 3.8) is 0 Å². The quantitative estimate of drug-likeness (QED) is 0.207. The molecule has 0 radical (unpaired) electrons. The molecular formula is C24H24N6O4. The van der Waals surface area contributed by atoms with E-state index in [9.17, 15) is 14.4 Å². The van der Waals surface area contributed by atoms with E-state index in [2.05, 4.69) is 22.2 Å². The highest BCUT2D eigenvalue weighted by atomic mass is 16.5. The molecule has 7 N–H and O–H groups in total. The molecule has 2 aromatic rings. The second kappa shape index (κ2) is 10.7. The molecule has 0 heterocycles. The van der Waals surface area contributed by atoms with Crippen LogP contribution < -0.4 is 26.8 Å². The van der Waals surface area contributed by atoms with Crippen LogP contribution in [-0.2, 0) is 14.4 Å². The topological polar surface area (TPSA) is 173 Å². The van der Waals surface area contributed by atoms with Crippen molar-refractivity contribution in [2.75, 3.05) is 10.6 Å². The van der Waals surface area contributed by atoms with Crippen LogP contribution in [0.25, 0.3) is 0 Å². The minimum atomic E-state index is -0.976. The number of benzene rings is 2. The van der Waals surface area contributed by atoms with Gasteiger partial charge in [-0.3, -0.25) is 19.8 Å². The van der Waals surface area contributed by atoms with Gasteiger partial charge in [0, 0.05) is 29.4 Å². The van der Waals surface area contributed by atoms with Crippen LogP contribution in [0.5, 0.6) is 11.5 Å².